The van der Waals surface area contributed by atoms with Gasteiger partial charge in [0, 0.05) is 12.8 Å². The number of rotatable bonds is 54. The number of unbranched alkanes of at least 4 members (excludes halogenated alkanes) is 39. The van der Waals surface area contributed by atoms with E-state index in [1.54, 1.807) is 0 Å². The summed E-state index contributed by atoms with van der Waals surface area (Å²) in [5.41, 5.74) is 0. The predicted octanol–water partition coefficient (Wildman–Crippen LogP) is 17.9. The van der Waals surface area contributed by atoms with Crippen LogP contribution in [0.1, 0.15) is 316 Å². The molecule has 65 heavy (non-hydrogen) atoms. The maximum absolute atomic E-state index is 12.5. The maximum atomic E-state index is 12.5. The van der Waals surface area contributed by atoms with Crippen molar-refractivity contribution in [2.75, 3.05) is 13.2 Å². The molecule has 0 saturated carbocycles. The van der Waals surface area contributed by atoms with Crippen LogP contribution < -0.4 is 5.32 Å². The van der Waals surface area contributed by atoms with Crippen molar-refractivity contribution in [3.8, 4) is 0 Å². The fourth-order valence-electron chi connectivity index (χ4n) is 8.98. The third kappa shape index (κ3) is 51.6. The van der Waals surface area contributed by atoms with E-state index in [0.717, 1.165) is 57.8 Å². The Morgan fingerprint density at radius 2 is 0.723 bits per heavy atom. The third-order valence-corrected chi connectivity index (χ3v) is 13.5. The Morgan fingerprint density at radius 1 is 0.415 bits per heavy atom. The molecule has 0 rings (SSSR count). The van der Waals surface area contributed by atoms with Gasteiger partial charge in [0.1, 0.15) is 0 Å². The highest BCUT2D eigenvalue weighted by atomic mass is 16.5. The average Bonchev–Trinajstić information content (AvgIpc) is 3.31. The van der Waals surface area contributed by atoms with Crippen molar-refractivity contribution in [3.05, 3.63) is 24.3 Å². The van der Waals surface area contributed by atoms with Crippen LogP contribution in [0, 0.1) is 0 Å². The fraction of sp³-hybridized carbons (Fsp3) is 0.898. The van der Waals surface area contributed by atoms with Gasteiger partial charge in [0.15, 0.2) is 0 Å². The minimum Gasteiger partial charge on any atom is -0.466 e. The van der Waals surface area contributed by atoms with Crippen molar-refractivity contribution < 1.29 is 24.5 Å². The maximum Gasteiger partial charge on any atom is 0.305 e. The summed E-state index contributed by atoms with van der Waals surface area (Å²) in [6, 6.07) is -0.551. The Balaban J connectivity index is 3.46. The Bertz CT molecular complexity index is 1010. The van der Waals surface area contributed by atoms with Crippen LogP contribution in [0.3, 0.4) is 0 Å². The third-order valence-electron chi connectivity index (χ3n) is 13.5. The van der Waals surface area contributed by atoms with E-state index in [2.05, 4.69) is 43.5 Å². The van der Waals surface area contributed by atoms with E-state index in [1.165, 1.54) is 225 Å². The van der Waals surface area contributed by atoms with Gasteiger partial charge in [-0.15, -0.1) is 0 Å². The molecule has 3 N–H and O–H groups in total. The molecule has 384 valence electrons. The molecular weight excluding hydrogens is 803 g/mol. The van der Waals surface area contributed by atoms with Crippen molar-refractivity contribution in [2.24, 2.45) is 0 Å². The average molecular weight is 917 g/mol. The van der Waals surface area contributed by atoms with E-state index >= 15 is 0 Å². The van der Waals surface area contributed by atoms with Gasteiger partial charge in [-0.3, -0.25) is 9.59 Å². The zero-order valence-corrected chi connectivity index (χ0v) is 43.7. The Morgan fingerprint density at radius 3 is 1.09 bits per heavy atom. The smallest absolute Gasteiger partial charge is 0.305 e. The second kappa shape index (κ2) is 54.9. The molecule has 0 aromatic carbocycles. The number of hydrogen-bond acceptors (Lipinski definition) is 5. The number of amides is 1. The van der Waals surface area contributed by atoms with E-state index < -0.39 is 12.1 Å². The van der Waals surface area contributed by atoms with E-state index in [4.69, 9.17) is 4.74 Å². The molecule has 0 saturated heterocycles. The first kappa shape index (κ1) is 63.3. The quantitative estimate of drug-likeness (QED) is 0.0321. The van der Waals surface area contributed by atoms with Crippen molar-refractivity contribution in [3.63, 3.8) is 0 Å². The first-order chi connectivity index (χ1) is 32.0. The van der Waals surface area contributed by atoms with Crippen LogP contribution in [0.2, 0.25) is 0 Å². The molecule has 6 heteroatoms. The zero-order valence-electron chi connectivity index (χ0n) is 43.7. The molecule has 0 heterocycles. The summed E-state index contributed by atoms with van der Waals surface area (Å²) in [7, 11) is 0. The van der Waals surface area contributed by atoms with Crippen LogP contribution in [-0.2, 0) is 14.3 Å². The molecule has 1 amide bonds. The van der Waals surface area contributed by atoms with Crippen molar-refractivity contribution in [1.82, 2.24) is 5.32 Å². The fourth-order valence-corrected chi connectivity index (χ4v) is 8.98. The summed E-state index contributed by atoms with van der Waals surface area (Å²) in [4.78, 5) is 24.5. The molecule has 0 radical (unpaired) electrons. The monoisotopic (exact) mass is 916 g/mol. The molecule has 2 unspecified atom stereocenters. The van der Waals surface area contributed by atoms with Gasteiger partial charge >= 0.3 is 5.97 Å². The van der Waals surface area contributed by atoms with E-state index in [1.807, 2.05) is 0 Å². The SMILES string of the molecule is CCCCCCC/C=C\CCCCCCCC(=O)OCCCCCCCC/C=C\CCCCCCCCCC(=O)NC(CO)C(O)CCCCCCCCCCCCCCCCCCC. The molecular formula is C59H113NO5. The Kier molecular flexibility index (Phi) is 53.5. The minimum atomic E-state index is -0.672. The highest BCUT2D eigenvalue weighted by molar-refractivity contribution is 5.76. The lowest BCUT2D eigenvalue weighted by Crippen LogP contribution is -2.45. The first-order valence-corrected chi connectivity index (χ1v) is 29.1. The van der Waals surface area contributed by atoms with E-state index in [0.29, 0.717) is 25.9 Å². The predicted molar refractivity (Wildman–Crippen MR) is 283 cm³/mol. The Labute approximate surface area is 405 Å². The summed E-state index contributed by atoms with van der Waals surface area (Å²) >= 11 is 0. The van der Waals surface area contributed by atoms with Gasteiger partial charge in [0.25, 0.3) is 0 Å². The van der Waals surface area contributed by atoms with Crippen LogP contribution in [0.15, 0.2) is 24.3 Å². The summed E-state index contributed by atoms with van der Waals surface area (Å²) in [6.45, 7) is 4.93. The highest BCUT2D eigenvalue weighted by Gasteiger charge is 2.20. The second-order valence-electron chi connectivity index (χ2n) is 20.0. The highest BCUT2D eigenvalue weighted by Crippen LogP contribution is 2.17. The first-order valence-electron chi connectivity index (χ1n) is 29.1. The lowest BCUT2D eigenvalue weighted by molar-refractivity contribution is -0.143. The number of allylic oxidation sites excluding steroid dienone is 4. The number of ether oxygens (including phenoxy) is 1. The molecule has 0 spiro atoms. The summed E-state index contributed by atoms with van der Waals surface area (Å²) in [5, 5.41) is 23.3. The van der Waals surface area contributed by atoms with Gasteiger partial charge in [0.2, 0.25) is 5.91 Å². The zero-order chi connectivity index (χ0) is 47.2. The number of nitrogens with one attached hydrogen (secondary N) is 1. The van der Waals surface area contributed by atoms with Crippen molar-refractivity contribution >= 4 is 11.9 Å². The number of aliphatic hydroxyl groups is 2. The standard InChI is InChI=1S/C59H113NO5/c1-3-5-7-9-11-13-15-17-19-21-24-27-31-35-39-43-47-51-57(62)56(55-61)60-58(63)52-48-44-40-36-32-28-25-22-20-23-26-30-34-38-42-46-50-54-65-59(64)53-49-45-41-37-33-29-18-16-14-12-10-8-6-4-2/h16,18,20,23,56-57,61-62H,3-15,17,19,21-22,24-55H2,1-2H3,(H,60,63)/b18-16-,23-20-. The number of esters is 1. The molecule has 0 fully saturated rings. The molecule has 0 aliphatic rings. The number of carbonyl (C=O) groups is 2. The van der Waals surface area contributed by atoms with Crippen LogP contribution in [0.25, 0.3) is 0 Å². The van der Waals surface area contributed by atoms with Gasteiger partial charge < -0.3 is 20.3 Å². The topological polar surface area (TPSA) is 95.9 Å². The molecule has 0 aliphatic carbocycles. The van der Waals surface area contributed by atoms with Gasteiger partial charge in [0.05, 0.1) is 25.4 Å². The van der Waals surface area contributed by atoms with Gasteiger partial charge in [-0.1, -0.05) is 250 Å². The Hall–Kier alpha value is -1.66. The molecule has 0 aliphatic heterocycles. The molecule has 2 atom stereocenters. The normalized spacial score (nSPS) is 12.7. The van der Waals surface area contributed by atoms with E-state index in [9.17, 15) is 19.8 Å². The summed E-state index contributed by atoms with van der Waals surface area (Å²) < 4.78 is 5.46. The van der Waals surface area contributed by atoms with Gasteiger partial charge in [-0.25, -0.2) is 0 Å². The molecule has 0 aromatic rings. The van der Waals surface area contributed by atoms with Crippen LogP contribution in [0.4, 0.5) is 0 Å². The largest absolute Gasteiger partial charge is 0.466 e. The minimum absolute atomic E-state index is 0.0100. The van der Waals surface area contributed by atoms with Gasteiger partial charge in [-0.2, -0.15) is 0 Å². The molecule has 6 nitrogen and oxygen atoms in total. The number of carbonyl (C=O) groups excluding carboxylic acids is 2. The van der Waals surface area contributed by atoms with Crippen LogP contribution in [-0.4, -0.2) is 47.4 Å². The lowest BCUT2D eigenvalue weighted by atomic mass is 10.0. The molecule has 0 bridgehead atoms. The van der Waals surface area contributed by atoms with Crippen LogP contribution >= 0.6 is 0 Å². The van der Waals surface area contributed by atoms with Crippen molar-refractivity contribution in [2.45, 2.75) is 328 Å². The summed E-state index contributed by atoms with van der Waals surface area (Å²) in [5.74, 6) is -0.0554. The second-order valence-corrected chi connectivity index (χ2v) is 20.0. The number of hydrogen-bond donors (Lipinski definition) is 3. The van der Waals surface area contributed by atoms with E-state index in [-0.39, 0.29) is 18.5 Å². The van der Waals surface area contributed by atoms with Crippen LogP contribution in [0.5, 0.6) is 0 Å². The summed E-state index contributed by atoms with van der Waals surface area (Å²) in [6.07, 6.45) is 65.9. The molecule has 0 aromatic heterocycles. The number of aliphatic hydroxyl groups excluding tert-OH is 2. The van der Waals surface area contributed by atoms with Crippen molar-refractivity contribution in [1.29, 1.82) is 0 Å². The van der Waals surface area contributed by atoms with Gasteiger partial charge in [-0.05, 0) is 77.0 Å². The lowest BCUT2D eigenvalue weighted by Gasteiger charge is -2.22.